The van der Waals surface area contributed by atoms with Gasteiger partial charge in [-0.2, -0.15) is 0 Å². The first kappa shape index (κ1) is 20.0. The number of hydroxylamine groups is 2. The first-order valence-corrected chi connectivity index (χ1v) is 9.17. The molecule has 7 nitrogen and oxygen atoms in total. The molecule has 7 heteroatoms. The maximum atomic E-state index is 12.8. The van der Waals surface area contributed by atoms with Gasteiger partial charge in [0, 0.05) is 31.9 Å². The van der Waals surface area contributed by atoms with Crippen LogP contribution in [0.1, 0.15) is 26.2 Å². The van der Waals surface area contributed by atoms with Gasteiger partial charge in [0.25, 0.3) is 0 Å². The summed E-state index contributed by atoms with van der Waals surface area (Å²) in [6.45, 7) is 4.91. The number of ether oxygens (including phenoxy) is 1. The topological polar surface area (TPSA) is 73.3 Å². The van der Waals surface area contributed by atoms with Crippen LogP contribution in [0.25, 0.3) is 0 Å². The molecule has 1 fully saturated rings. The maximum absolute atomic E-state index is 12.8. The van der Waals surface area contributed by atoms with Crippen LogP contribution in [-0.4, -0.2) is 67.3 Å². The first-order chi connectivity index (χ1) is 12.6. The fourth-order valence-electron chi connectivity index (χ4n) is 3.25. The molecule has 1 heterocycles. The van der Waals surface area contributed by atoms with E-state index in [1.165, 1.54) is 0 Å². The molecule has 144 valence electrons. The SMILES string of the molecule is CCCC[C@H](CN(O)C=O)C(=O)N1CCN(c2ccc(OC)cc2)CC1. The zero-order valence-electron chi connectivity index (χ0n) is 15.6. The molecule has 0 spiro atoms. The number of hydrogen-bond donors (Lipinski definition) is 1. The van der Waals surface area contributed by atoms with E-state index < -0.39 is 0 Å². The number of benzene rings is 1. The second-order valence-corrected chi connectivity index (χ2v) is 6.58. The third kappa shape index (κ3) is 5.36. The van der Waals surface area contributed by atoms with Crippen LogP contribution in [-0.2, 0) is 9.59 Å². The van der Waals surface area contributed by atoms with Crippen LogP contribution in [0.4, 0.5) is 5.69 Å². The van der Waals surface area contributed by atoms with E-state index in [0.717, 1.165) is 37.4 Å². The molecule has 0 aliphatic carbocycles. The number of carbonyl (C=O) groups is 2. The number of anilines is 1. The van der Waals surface area contributed by atoms with Crippen molar-refractivity contribution in [3.63, 3.8) is 0 Å². The molecule has 1 saturated heterocycles. The van der Waals surface area contributed by atoms with E-state index in [4.69, 9.17) is 4.74 Å². The number of carbonyl (C=O) groups excluding carboxylic acids is 2. The van der Waals surface area contributed by atoms with Gasteiger partial charge < -0.3 is 14.5 Å². The predicted molar refractivity (Wildman–Crippen MR) is 99.4 cm³/mol. The molecule has 1 aliphatic rings. The molecule has 1 aliphatic heterocycles. The molecule has 2 amide bonds. The minimum atomic E-state index is -0.349. The molecule has 0 saturated carbocycles. The zero-order valence-corrected chi connectivity index (χ0v) is 15.6. The Morgan fingerprint density at radius 3 is 2.46 bits per heavy atom. The van der Waals surface area contributed by atoms with Crippen LogP contribution >= 0.6 is 0 Å². The normalized spacial score (nSPS) is 15.5. The molecule has 0 unspecified atom stereocenters. The lowest BCUT2D eigenvalue weighted by Gasteiger charge is -2.38. The highest BCUT2D eigenvalue weighted by molar-refractivity contribution is 5.79. The molecule has 1 aromatic rings. The third-order valence-corrected chi connectivity index (χ3v) is 4.81. The van der Waals surface area contributed by atoms with Crippen LogP contribution < -0.4 is 9.64 Å². The second-order valence-electron chi connectivity index (χ2n) is 6.58. The van der Waals surface area contributed by atoms with Gasteiger partial charge in [0.1, 0.15) is 5.75 Å². The van der Waals surface area contributed by atoms with E-state index in [9.17, 15) is 14.8 Å². The summed E-state index contributed by atoms with van der Waals surface area (Å²) in [5.74, 6) is 0.497. The van der Waals surface area contributed by atoms with Gasteiger partial charge in [0.2, 0.25) is 12.3 Å². The van der Waals surface area contributed by atoms with Crippen molar-refractivity contribution in [2.45, 2.75) is 26.2 Å². The second kappa shape index (κ2) is 10.0. The Morgan fingerprint density at radius 1 is 1.27 bits per heavy atom. The average molecular weight is 363 g/mol. The summed E-state index contributed by atoms with van der Waals surface area (Å²) in [6, 6.07) is 7.91. The number of amides is 2. The number of unbranched alkanes of at least 4 members (excludes halogenated alkanes) is 1. The summed E-state index contributed by atoms with van der Waals surface area (Å²) >= 11 is 0. The van der Waals surface area contributed by atoms with E-state index in [1.807, 2.05) is 29.2 Å². The van der Waals surface area contributed by atoms with Crippen LogP contribution in [0.2, 0.25) is 0 Å². The van der Waals surface area contributed by atoms with Crippen molar-refractivity contribution in [1.29, 1.82) is 0 Å². The molecular weight excluding hydrogens is 334 g/mol. The van der Waals surface area contributed by atoms with Crippen molar-refractivity contribution < 1.29 is 19.5 Å². The standard InChI is InChI=1S/C19H29N3O4/c1-3-4-5-16(14-22(25)15-23)19(24)21-12-10-20(11-13-21)17-6-8-18(26-2)9-7-17/h6-9,15-16,25H,3-5,10-14H2,1-2H3/t16-/m1/s1. The summed E-state index contributed by atoms with van der Waals surface area (Å²) in [5, 5.41) is 10.1. The van der Waals surface area contributed by atoms with E-state index in [1.54, 1.807) is 7.11 Å². The number of piperazine rings is 1. The van der Waals surface area contributed by atoms with E-state index in [-0.39, 0.29) is 18.4 Å². The fraction of sp³-hybridized carbons (Fsp3) is 0.579. The highest BCUT2D eigenvalue weighted by atomic mass is 16.5. The van der Waals surface area contributed by atoms with Crippen molar-refractivity contribution in [2.24, 2.45) is 5.92 Å². The van der Waals surface area contributed by atoms with E-state index in [0.29, 0.717) is 31.0 Å². The molecule has 1 N–H and O–H groups in total. The molecule has 0 radical (unpaired) electrons. The summed E-state index contributed by atoms with van der Waals surface area (Å²) in [7, 11) is 1.65. The highest BCUT2D eigenvalue weighted by Gasteiger charge is 2.28. The molecule has 1 atom stereocenters. The maximum Gasteiger partial charge on any atom is 0.233 e. The highest BCUT2D eigenvalue weighted by Crippen LogP contribution is 2.21. The van der Waals surface area contributed by atoms with Gasteiger partial charge >= 0.3 is 0 Å². The molecule has 0 bridgehead atoms. The molecule has 1 aromatic carbocycles. The van der Waals surface area contributed by atoms with Crippen LogP contribution in [0, 0.1) is 5.92 Å². The Hall–Kier alpha value is -2.28. The Bertz CT molecular complexity index is 571. The van der Waals surface area contributed by atoms with Crippen LogP contribution in [0.3, 0.4) is 0 Å². The predicted octanol–water partition coefficient (Wildman–Crippen LogP) is 2.00. The molecule has 2 rings (SSSR count). The van der Waals surface area contributed by atoms with E-state index in [2.05, 4.69) is 11.8 Å². The Kier molecular flexibility index (Phi) is 7.72. The number of hydrogen-bond acceptors (Lipinski definition) is 5. The summed E-state index contributed by atoms with van der Waals surface area (Å²) in [5.41, 5.74) is 1.11. The van der Waals surface area contributed by atoms with Gasteiger partial charge in [0.15, 0.2) is 0 Å². The molecular formula is C19H29N3O4. The van der Waals surface area contributed by atoms with Gasteiger partial charge in [-0.25, -0.2) is 5.06 Å². The van der Waals surface area contributed by atoms with Gasteiger partial charge in [-0.1, -0.05) is 19.8 Å². The van der Waals surface area contributed by atoms with Crippen molar-refractivity contribution in [2.75, 3.05) is 44.7 Å². The number of rotatable bonds is 9. The summed E-state index contributed by atoms with van der Waals surface area (Å²) in [6.07, 6.45) is 2.91. The van der Waals surface area contributed by atoms with Crippen molar-refractivity contribution >= 4 is 18.0 Å². The largest absolute Gasteiger partial charge is 0.497 e. The number of methoxy groups -OCH3 is 1. The fourth-order valence-corrected chi connectivity index (χ4v) is 3.25. The monoisotopic (exact) mass is 363 g/mol. The van der Waals surface area contributed by atoms with Crippen LogP contribution in [0.5, 0.6) is 5.75 Å². The average Bonchev–Trinajstić information content (AvgIpc) is 2.70. The quantitative estimate of drug-likeness (QED) is 0.413. The van der Waals surface area contributed by atoms with Gasteiger partial charge in [-0.05, 0) is 30.7 Å². The Balaban J connectivity index is 1.92. The number of nitrogens with zero attached hydrogens (tertiary/aromatic N) is 3. The van der Waals surface area contributed by atoms with Gasteiger partial charge in [0.05, 0.1) is 19.6 Å². The smallest absolute Gasteiger partial charge is 0.233 e. The van der Waals surface area contributed by atoms with E-state index >= 15 is 0 Å². The van der Waals surface area contributed by atoms with Crippen LogP contribution in [0.15, 0.2) is 24.3 Å². The summed E-state index contributed by atoms with van der Waals surface area (Å²) < 4.78 is 5.18. The van der Waals surface area contributed by atoms with Crippen molar-refractivity contribution in [1.82, 2.24) is 9.96 Å². The minimum Gasteiger partial charge on any atom is -0.497 e. The van der Waals surface area contributed by atoms with Gasteiger partial charge in [-0.15, -0.1) is 0 Å². The van der Waals surface area contributed by atoms with Gasteiger partial charge in [-0.3, -0.25) is 14.8 Å². The third-order valence-electron chi connectivity index (χ3n) is 4.81. The Morgan fingerprint density at radius 2 is 1.92 bits per heavy atom. The summed E-state index contributed by atoms with van der Waals surface area (Å²) in [4.78, 5) is 27.6. The Labute approximate surface area is 155 Å². The zero-order chi connectivity index (χ0) is 18.9. The lowest BCUT2D eigenvalue weighted by Crippen LogP contribution is -2.51. The minimum absolute atomic E-state index is 0.0220. The van der Waals surface area contributed by atoms with Crippen molar-refractivity contribution in [3.05, 3.63) is 24.3 Å². The molecule has 0 aromatic heterocycles. The molecule has 26 heavy (non-hydrogen) atoms. The van der Waals surface area contributed by atoms with Crippen molar-refractivity contribution in [3.8, 4) is 5.75 Å². The lowest BCUT2D eigenvalue weighted by atomic mass is 10.00. The lowest BCUT2D eigenvalue weighted by molar-refractivity contribution is -0.157. The first-order valence-electron chi connectivity index (χ1n) is 9.17.